The minimum absolute atomic E-state index is 0.0898. The Hall–Kier alpha value is -2.58. The zero-order valence-corrected chi connectivity index (χ0v) is 15.5. The van der Waals surface area contributed by atoms with E-state index in [1.54, 1.807) is 0 Å². The third-order valence-corrected chi connectivity index (χ3v) is 4.58. The fraction of sp³-hybridized carbons (Fsp3) is 0.111. The first-order chi connectivity index (χ1) is 13.2. The van der Waals surface area contributed by atoms with Gasteiger partial charge in [0, 0.05) is 12.3 Å². The average Bonchev–Trinajstić information content (AvgIpc) is 2.64. The smallest absolute Gasteiger partial charge is 0.343 e. The number of ether oxygens (including phenoxy) is 1. The molecule has 0 aliphatic carbocycles. The second kappa shape index (κ2) is 7.44. The minimum atomic E-state index is -1.61. The quantitative estimate of drug-likeness (QED) is 0.252. The number of pyridine rings is 1. The first-order valence-electron chi connectivity index (χ1n) is 7.72. The van der Waals surface area contributed by atoms with Crippen LogP contribution in [0.1, 0.15) is 17.3 Å². The molecule has 4 nitrogen and oxygen atoms in total. The molecular weight excluding hydrogens is 425 g/mol. The molecule has 0 saturated carbocycles. The van der Waals surface area contributed by atoms with Gasteiger partial charge in [-0.1, -0.05) is 23.2 Å². The second-order valence-corrected chi connectivity index (χ2v) is 6.29. The number of carbonyl (C=O) groups excluding carboxylic acids is 1. The summed E-state index contributed by atoms with van der Waals surface area (Å²) in [4.78, 5) is 24.9. The molecule has 0 amide bonds. The number of esters is 1. The van der Waals surface area contributed by atoms with Gasteiger partial charge in [0.1, 0.15) is 22.2 Å². The fourth-order valence-corrected chi connectivity index (χ4v) is 3.19. The van der Waals surface area contributed by atoms with Gasteiger partial charge in [-0.2, -0.15) is 0 Å². The summed E-state index contributed by atoms with van der Waals surface area (Å²) in [7, 11) is 0. The maximum atomic E-state index is 14.4. The van der Waals surface area contributed by atoms with Gasteiger partial charge in [-0.3, -0.25) is 4.79 Å². The number of benzene rings is 2. The zero-order chi connectivity index (χ0) is 20.7. The molecular formula is C18H9Cl2F4NO3. The van der Waals surface area contributed by atoms with Gasteiger partial charge in [0.15, 0.2) is 11.6 Å². The van der Waals surface area contributed by atoms with Crippen LogP contribution in [0.2, 0.25) is 10.0 Å². The molecule has 3 rings (SSSR count). The van der Waals surface area contributed by atoms with Crippen LogP contribution in [0.25, 0.3) is 16.6 Å². The summed E-state index contributed by atoms with van der Waals surface area (Å²) in [5, 5.41) is -2.46. The highest BCUT2D eigenvalue weighted by Gasteiger charge is 2.27. The van der Waals surface area contributed by atoms with Gasteiger partial charge in [0.2, 0.25) is 5.43 Å². The Morgan fingerprint density at radius 3 is 2.36 bits per heavy atom. The maximum Gasteiger partial charge on any atom is 0.343 e. The van der Waals surface area contributed by atoms with Gasteiger partial charge in [-0.25, -0.2) is 22.4 Å². The Morgan fingerprint density at radius 1 is 1.11 bits per heavy atom. The molecule has 0 radical (unpaired) electrons. The van der Waals surface area contributed by atoms with Crippen LogP contribution in [0.3, 0.4) is 0 Å². The van der Waals surface area contributed by atoms with Gasteiger partial charge in [-0.05, 0) is 19.1 Å². The molecule has 0 fully saturated rings. The van der Waals surface area contributed by atoms with Gasteiger partial charge in [0.25, 0.3) is 0 Å². The highest BCUT2D eigenvalue weighted by Crippen LogP contribution is 2.35. The van der Waals surface area contributed by atoms with Crippen molar-refractivity contribution in [3.05, 3.63) is 73.5 Å². The standard InChI is InChI=1S/C18H9Cl2F4NO3/c1-2-28-18(27)8-6-25(10-4-3-7(21)5-9(10)22)16-11(17(8)26)12(19)14(23)15(24)13(16)20/h3-6H,2H2,1H3. The summed E-state index contributed by atoms with van der Waals surface area (Å²) >= 11 is 11.7. The number of hydrogen-bond acceptors (Lipinski definition) is 3. The van der Waals surface area contributed by atoms with Crippen molar-refractivity contribution in [2.75, 3.05) is 6.61 Å². The van der Waals surface area contributed by atoms with Crippen molar-refractivity contribution in [1.29, 1.82) is 0 Å². The van der Waals surface area contributed by atoms with E-state index in [9.17, 15) is 27.2 Å². The molecule has 0 aliphatic rings. The molecule has 0 spiro atoms. The predicted octanol–water partition coefficient (Wildman–Crippen LogP) is 5.03. The topological polar surface area (TPSA) is 48.3 Å². The van der Waals surface area contributed by atoms with Crippen LogP contribution in [-0.2, 0) is 4.74 Å². The normalized spacial score (nSPS) is 11.1. The second-order valence-electron chi connectivity index (χ2n) is 5.54. The number of halogens is 6. The molecule has 3 aromatic rings. The van der Waals surface area contributed by atoms with E-state index in [1.807, 2.05) is 0 Å². The van der Waals surface area contributed by atoms with Crippen LogP contribution >= 0.6 is 23.2 Å². The summed E-state index contributed by atoms with van der Waals surface area (Å²) in [6.45, 7) is 1.39. The number of fused-ring (bicyclic) bond motifs is 1. The molecule has 1 heterocycles. The summed E-state index contributed by atoms with van der Waals surface area (Å²) in [5.41, 5.74) is -2.59. The average molecular weight is 434 g/mol. The van der Waals surface area contributed by atoms with Crippen molar-refractivity contribution in [3.8, 4) is 5.69 Å². The highest BCUT2D eigenvalue weighted by molar-refractivity contribution is 6.40. The predicted molar refractivity (Wildman–Crippen MR) is 95.4 cm³/mol. The van der Waals surface area contributed by atoms with E-state index in [4.69, 9.17) is 27.9 Å². The summed E-state index contributed by atoms with van der Waals surface area (Å²) in [6, 6.07) is 2.38. The first-order valence-corrected chi connectivity index (χ1v) is 8.48. The molecule has 10 heteroatoms. The van der Waals surface area contributed by atoms with Crippen molar-refractivity contribution in [1.82, 2.24) is 4.57 Å². The number of nitrogens with zero attached hydrogens (tertiary/aromatic N) is 1. The Morgan fingerprint density at radius 2 is 1.75 bits per heavy atom. The van der Waals surface area contributed by atoms with Crippen LogP contribution in [0.5, 0.6) is 0 Å². The van der Waals surface area contributed by atoms with E-state index in [0.29, 0.717) is 6.07 Å². The molecule has 0 N–H and O–H groups in total. The lowest BCUT2D eigenvalue weighted by molar-refractivity contribution is 0.0524. The molecule has 0 saturated heterocycles. The Balaban J connectivity index is 2.57. The molecule has 0 bridgehead atoms. The number of aromatic nitrogens is 1. The third kappa shape index (κ3) is 3.12. The molecule has 1 aromatic heterocycles. The Labute approximate surface area is 164 Å². The lowest BCUT2D eigenvalue weighted by Crippen LogP contribution is -2.22. The lowest BCUT2D eigenvalue weighted by atomic mass is 10.1. The van der Waals surface area contributed by atoms with E-state index in [0.717, 1.165) is 22.9 Å². The largest absolute Gasteiger partial charge is 0.462 e. The van der Waals surface area contributed by atoms with Crippen LogP contribution < -0.4 is 5.43 Å². The van der Waals surface area contributed by atoms with Crippen LogP contribution in [0.4, 0.5) is 17.6 Å². The summed E-state index contributed by atoms with van der Waals surface area (Å²) in [6.07, 6.45) is 0.846. The van der Waals surface area contributed by atoms with E-state index >= 15 is 0 Å². The highest BCUT2D eigenvalue weighted by atomic mass is 35.5. The van der Waals surface area contributed by atoms with Crippen molar-refractivity contribution in [2.24, 2.45) is 0 Å². The maximum absolute atomic E-state index is 14.4. The molecule has 0 aliphatic heterocycles. The van der Waals surface area contributed by atoms with E-state index in [-0.39, 0.29) is 12.3 Å². The van der Waals surface area contributed by atoms with Crippen molar-refractivity contribution >= 4 is 40.1 Å². The fourth-order valence-electron chi connectivity index (χ4n) is 2.66. The third-order valence-electron chi connectivity index (χ3n) is 3.88. The summed E-state index contributed by atoms with van der Waals surface area (Å²) < 4.78 is 61.4. The van der Waals surface area contributed by atoms with Crippen LogP contribution in [-0.4, -0.2) is 17.1 Å². The zero-order valence-electron chi connectivity index (χ0n) is 14.0. The molecule has 146 valence electrons. The van der Waals surface area contributed by atoms with E-state index < -0.39 is 61.2 Å². The monoisotopic (exact) mass is 433 g/mol. The van der Waals surface area contributed by atoms with Gasteiger partial charge in [0.05, 0.1) is 28.2 Å². The Bertz CT molecular complexity index is 1190. The molecule has 0 unspecified atom stereocenters. The first kappa shape index (κ1) is 20.2. The van der Waals surface area contributed by atoms with Crippen molar-refractivity contribution in [2.45, 2.75) is 6.92 Å². The Kier molecular flexibility index (Phi) is 5.36. The minimum Gasteiger partial charge on any atom is -0.462 e. The van der Waals surface area contributed by atoms with Crippen LogP contribution in [0, 0.1) is 23.3 Å². The molecule has 0 atom stereocenters. The number of hydrogen-bond donors (Lipinski definition) is 0. The van der Waals surface area contributed by atoms with Gasteiger partial charge in [-0.15, -0.1) is 0 Å². The summed E-state index contributed by atoms with van der Waals surface area (Å²) in [5.74, 6) is -6.29. The molecule has 28 heavy (non-hydrogen) atoms. The van der Waals surface area contributed by atoms with Gasteiger partial charge >= 0.3 is 5.97 Å². The number of carbonyl (C=O) groups is 1. The van der Waals surface area contributed by atoms with Crippen LogP contribution in [0.15, 0.2) is 29.2 Å². The van der Waals surface area contributed by atoms with Crippen molar-refractivity contribution in [3.63, 3.8) is 0 Å². The molecule has 2 aromatic carbocycles. The van der Waals surface area contributed by atoms with E-state index in [2.05, 4.69) is 0 Å². The number of rotatable bonds is 3. The SMILES string of the molecule is CCOC(=O)c1cn(-c2ccc(F)cc2F)c2c(Cl)c(F)c(F)c(Cl)c2c1=O. The van der Waals surface area contributed by atoms with Gasteiger partial charge < -0.3 is 9.30 Å². The van der Waals surface area contributed by atoms with Crippen molar-refractivity contribution < 1.29 is 27.1 Å². The van der Waals surface area contributed by atoms with E-state index in [1.165, 1.54) is 6.92 Å². The lowest BCUT2D eigenvalue weighted by Gasteiger charge is -2.16.